The molecule has 7 heteroatoms. The van der Waals surface area contributed by atoms with Gasteiger partial charge in [-0.1, -0.05) is 54.3 Å². The molecule has 0 rings (SSSR count). The molecule has 0 bridgehead atoms. The summed E-state index contributed by atoms with van der Waals surface area (Å²) in [4.78, 5) is 0. The summed E-state index contributed by atoms with van der Waals surface area (Å²) in [6.07, 6.45) is 4.15. The highest BCUT2D eigenvalue weighted by Crippen LogP contribution is 2.56. The van der Waals surface area contributed by atoms with E-state index < -0.39 is 33.7 Å². The highest BCUT2D eigenvalue weighted by atomic mass is 28.4. The summed E-state index contributed by atoms with van der Waals surface area (Å²) >= 11 is 0. The van der Waals surface area contributed by atoms with Crippen LogP contribution >= 0.6 is 0 Å². The van der Waals surface area contributed by atoms with E-state index in [1.807, 2.05) is 0 Å². The van der Waals surface area contributed by atoms with E-state index in [-0.39, 0.29) is 21.1 Å². The van der Waals surface area contributed by atoms with Crippen LogP contribution in [-0.2, 0) is 13.3 Å². The van der Waals surface area contributed by atoms with Gasteiger partial charge in [0.1, 0.15) is 0 Å². The highest BCUT2D eigenvalue weighted by molar-refractivity contribution is 6.81. The van der Waals surface area contributed by atoms with Crippen LogP contribution in [0.1, 0.15) is 81.1 Å². The number of rotatable bonds is 14. The minimum absolute atomic E-state index is 0.0000967. The molecule has 3 unspecified atom stereocenters. The van der Waals surface area contributed by atoms with Crippen molar-refractivity contribution in [3.8, 4) is 0 Å². The maximum atomic E-state index is 7.33. The SMILES string of the molecule is CCC(C)(O[Si](C)(C)C)[SiH](C)OC(C)(CC)[C@@](C)(CC)[Si](C)(C)O[C@](C)(CC)[Si](C)(C)C. The molecule has 0 saturated heterocycles. The lowest BCUT2D eigenvalue weighted by Gasteiger charge is -2.58. The van der Waals surface area contributed by atoms with Crippen LogP contribution in [0.4, 0.5) is 0 Å². The average Bonchev–Trinajstić information content (AvgIpc) is 2.63. The molecule has 0 aromatic rings. The topological polar surface area (TPSA) is 27.7 Å². The van der Waals surface area contributed by atoms with Crippen molar-refractivity contribution >= 4 is 33.7 Å². The first kappa shape index (κ1) is 32.7. The van der Waals surface area contributed by atoms with Gasteiger partial charge >= 0.3 is 0 Å². The maximum absolute atomic E-state index is 7.33. The highest BCUT2D eigenvalue weighted by Gasteiger charge is 2.59. The van der Waals surface area contributed by atoms with Gasteiger partial charge in [-0.3, -0.25) is 0 Å². The second kappa shape index (κ2) is 10.8. The fraction of sp³-hybridized carbons (Fsp3) is 1.00. The second-order valence-corrected chi connectivity index (χ2v) is 30.4. The minimum atomic E-state index is -2.16. The van der Waals surface area contributed by atoms with E-state index in [4.69, 9.17) is 13.3 Å². The van der Waals surface area contributed by atoms with E-state index in [1.165, 1.54) is 0 Å². The van der Waals surface area contributed by atoms with E-state index >= 15 is 0 Å². The Labute approximate surface area is 207 Å². The van der Waals surface area contributed by atoms with Crippen LogP contribution in [0, 0.1) is 0 Å². The van der Waals surface area contributed by atoms with E-state index in [0.717, 1.165) is 25.7 Å². The van der Waals surface area contributed by atoms with Crippen molar-refractivity contribution in [2.24, 2.45) is 0 Å². The summed E-state index contributed by atoms with van der Waals surface area (Å²) in [5.74, 6) is 0. The molecule has 0 aliphatic heterocycles. The summed E-state index contributed by atoms with van der Waals surface area (Å²) in [6.45, 7) is 40.2. The molecular weight excluding hydrogens is 461 g/mol. The van der Waals surface area contributed by atoms with E-state index in [9.17, 15) is 0 Å². The molecular formula is C25H60O3Si4. The lowest BCUT2D eigenvalue weighted by atomic mass is 9.85. The zero-order valence-corrected chi connectivity index (χ0v) is 29.3. The van der Waals surface area contributed by atoms with Crippen molar-refractivity contribution in [1.29, 1.82) is 0 Å². The first-order valence-corrected chi connectivity index (χ1v) is 25.1. The Kier molecular flexibility index (Phi) is 11.0. The van der Waals surface area contributed by atoms with Gasteiger partial charge in [0, 0.05) is 10.3 Å². The molecule has 0 spiro atoms. The van der Waals surface area contributed by atoms with E-state index in [0.29, 0.717) is 0 Å². The van der Waals surface area contributed by atoms with Gasteiger partial charge in [0.15, 0.2) is 16.6 Å². The van der Waals surface area contributed by atoms with Crippen molar-refractivity contribution < 1.29 is 13.3 Å². The monoisotopic (exact) mass is 520 g/mol. The molecule has 0 radical (unpaired) electrons. The van der Waals surface area contributed by atoms with Gasteiger partial charge in [-0.25, -0.2) is 0 Å². The summed E-state index contributed by atoms with van der Waals surface area (Å²) in [6, 6.07) is 0. The van der Waals surface area contributed by atoms with Gasteiger partial charge in [-0.2, -0.15) is 0 Å². The lowest BCUT2D eigenvalue weighted by molar-refractivity contribution is -0.00379. The van der Waals surface area contributed by atoms with Crippen LogP contribution in [0.2, 0.25) is 64.0 Å². The fourth-order valence-corrected chi connectivity index (χ4v) is 17.5. The van der Waals surface area contributed by atoms with Crippen LogP contribution in [0.5, 0.6) is 0 Å². The van der Waals surface area contributed by atoms with Crippen molar-refractivity contribution in [1.82, 2.24) is 0 Å². The van der Waals surface area contributed by atoms with Crippen molar-refractivity contribution in [3.05, 3.63) is 0 Å². The van der Waals surface area contributed by atoms with Gasteiger partial charge in [0.2, 0.25) is 9.04 Å². The Morgan fingerprint density at radius 1 is 0.656 bits per heavy atom. The van der Waals surface area contributed by atoms with Crippen LogP contribution in [0.15, 0.2) is 0 Å². The van der Waals surface area contributed by atoms with Crippen molar-refractivity contribution in [3.63, 3.8) is 0 Å². The summed E-state index contributed by atoms with van der Waals surface area (Å²) in [5.41, 5.74) is -0.226. The van der Waals surface area contributed by atoms with Gasteiger partial charge in [-0.15, -0.1) is 0 Å². The molecule has 0 aromatic heterocycles. The fourth-order valence-electron chi connectivity index (χ4n) is 5.13. The standard InChI is InChI=1S/C25H60O3Si4/c1-18-22(5,26-29(9)24(7,20-3)27-31(13,14)15)23(6,19-2)32(16,17)28-25(8,21-4)30(10,11)12/h29H,18-21H2,1-17H3/t22?,23-,24?,25+,29?/m1/s1. The molecule has 0 heterocycles. The Morgan fingerprint density at radius 3 is 1.41 bits per heavy atom. The molecule has 0 N–H and O–H groups in total. The molecule has 0 aliphatic rings. The summed E-state index contributed by atoms with van der Waals surface area (Å²) < 4.78 is 21.4. The molecule has 0 amide bonds. The molecule has 3 nitrogen and oxygen atoms in total. The third-order valence-corrected chi connectivity index (χ3v) is 21.9. The number of hydrogen-bond donors (Lipinski definition) is 0. The lowest BCUT2D eigenvalue weighted by Crippen LogP contribution is -2.65. The first-order valence-electron chi connectivity index (χ1n) is 13.1. The van der Waals surface area contributed by atoms with Crippen LogP contribution in [0.3, 0.4) is 0 Å². The Hall–Kier alpha value is 0.748. The minimum Gasteiger partial charge on any atom is -0.414 e. The van der Waals surface area contributed by atoms with Crippen LogP contribution in [-0.4, -0.2) is 49.8 Å². The maximum Gasteiger partial charge on any atom is 0.204 e. The molecule has 0 fully saturated rings. The molecule has 0 aliphatic carbocycles. The Balaban J connectivity index is 6.30. The third kappa shape index (κ3) is 6.91. The predicted octanol–water partition coefficient (Wildman–Crippen LogP) is 8.52. The van der Waals surface area contributed by atoms with Gasteiger partial charge < -0.3 is 13.3 Å². The normalized spacial score (nSPS) is 22.4. The second-order valence-electron chi connectivity index (χ2n) is 13.4. The van der Waals surface area contributed by atoms with Crippen molar-refractivity contribution in [2.75, 3.05) is 0 Å². The number of hydrogen-bond acceptors (Lipinski definition) is 3. The quantitative estimate of drug-likeness (QED) is 0.215. The van der Waals surface area contributed by atoms with E-state index in [2.05, 4.69) is 114 Å². The van der Waals surface area contributed by atoms with Crippen LogP contribution < -0.4 is 0 Å². The molecule has 5 atom stereocenters. The van der Waals surface area contributed by atoms with Gasteiger partial charge in [0.05, 0.1) is 18.9 Å². The third-order valence-electron chi connectivity index (χ3n) is 9.16. The zero-order valence-electron chi connectivity index (χ0n) is 25.1. The zero-order chi connectivity index (χ0) is 26.0. The summed E-state index contributed by atoms with van der Waals surface area (Å²) in [5, 5.41) is -0.159. The molecule has 194 valence electrons. The molecule has 32 heavy (non-hydrogen) atoms. The van der Waals surface area contributed by atoms with Crippen LogP contribution in [0.25, 0.3) is 0 Å². The largest absolute Gasteiger partial charge is 0.414 e. The van der Waals surface area contributed by atoms with Crippen molar-refractivity contribution in [2.45, 2.75) is 161 Å². The summed E-state index contributed by atoms with van der Waals surface area (Å²) in [7, 11) is -7.01. The average molecular weight is 521 g/mol. The van der Waals surface area contributed by atoms with Gasteiger partial charge in [0.25, 0.3) is 0 Å². The smallest absolute Gasteiger partial charge is 0.204 e. The van der Waals surface area contributed by atoms with Gasteiger partial charge in [-0.05, 0) is 85.7 Å². The first-order chi connectivity index (χ1) is 14.0. The Morgan fingerprint density at radius 2 is 1.12 bits per heavy atom. The molecule has 0 saturated carbocycles. The molecule has 0 aromatic carbocycles. The predicted molar refractivity (Wildman–Crippen MR) is 155 cm³/mol. The van der Waals surface area contributed by atoms with E-state index in [1.54, 1.807) is 0 Å². The Bertz CT molecular complexity index is 601.